The van der Waals surface area contributed by atoms with Crippen LogP contribution < -0.4 is 14.8 Å². The highest BCUT2D eigenvalue weighted by Crippen LogP contribution is 2.38. The molecule has 1 heterocycles. The summed E-state index contributed by atoms with van der Waals surface area (Å²) in [5, 5.41) is 3.51. The van der Waals surface area contributed by atoms with Gasteiger partial charge < -0.3 is 14.8 Å². The quantitative estimate of drug-likeness (QED) is 0.913. The van der Waals surface area contributed by atoms with Crippen molar-refractivity contribution in [1.29, 1.82) is 0 Å². The van der Waals surface area contributed by atoms with Crippen LogP contribution in [0.15, 0.2) is 42.6 Å². The molecule has 1 saturated carbocycles. The predicted octanol–water partition coefficient (Wildman–Crippen LogP) is 3.46. The lowest BCUT2D eigenvalue weighted by Gasteiger charge is -2.36. The molecule has 0 atom stereocenters. The van der Waals surface area contributed by atoms with E-state index in [0.717, 1.165) is 24.3 Å². The third-order valence-electron chi connectivity index (χ3n) is 4.04. The van der Waals surface area contributed by atoms with E-state index in [0.29, 0.717) is 17.8 Å². The molecular weight excluding hydrogens is 264 g/mol. The van der Waals surface area contributed by atoms with Gasteiger partial charge in [0.15, 0.2) is 0 Å². The molecule has 0 unspecified atom stereocenters. The van der Waals surface area contributed by atoms with Gasteiger partial charge in [-0.1, -0.05) is 12.1 Å². The first-order chi connectivity index (χ1) is 10.3. The van der Waals surface area contributed by atoms with Crippen LogP contribution in [0, 0.1) is 0 Å². The number of aromatic nitrogens is 1. The van der Waals surface area contributed by atoms with Gasteiger partial charge in [0.2, 0.25) is 5.88 Å². The Bertz CT molecular complexity index is 575. The second-order valence-corrected chi connectivity index (χ2v) is 5.37. The number of methoxy groups -OCH3 is 2. The van der Waals surface area contributed by atoms with Crippen LogP contribution >= 0.6 is 0 Å². The average molecular weight is 284 g/mol. The van der Waals surface area contributed by atoms with E-state index >= 15 is 0 Å². The average Bonchev–Trinajstić information content (AvgIpc) is 2.51. The van der Waals surface area contributed by atoms with Crippen molar-refractivity contribution in [2.45, 2.75) is 24.8 Å². The Hall–Kier alpha value is -2.23. The summed E-state index contributed by atoms with van der Waals surface area (Å²) in [6.07, 6.45) is 4.12. The van der Waals surface area contributed by atoms with Gasteiger partial charge >= 0.3 is 0 Å². The molecule has 0 spiro atoms. The number of rotatable bonds is 5. The summed E-state index contributed by atoms with van der Waals surface area (Å²) in [7, 11) is 3.32. The lowest BCUT2D eigenvalue weighted by Crippen LogP contribution is -2.33. The summed E-state index contributed by atoms with van der Waals surface area (Å²) >= 11 is 0. The summed E-state index contributed by atoms with van der Waals surface area (Å²) in [6.45, 7) is 0. The molecule has 1 aromatic carbocycles. The lowest BCUT2D eigenvalue weighted by molar-refractivity contribution is 0.372. The van der Waals surface area contributed by atoms with E-state index in [-0.39, 0.29) is 0 Å². The standard InChI is InChI=1S/C17H20N2O2/c1-20-16-6-3-12(4-7-16)13-9-15(10-13)19-14-5-8-17(21-2)18-11-14/h3-8,11,13,15,19H,9-10H2,1-2H3. The molecule has 1 N–H and O–H groups in total. The first-order valence-corrected chi connectivity index (χ1v) is 7.19. The number of hydrogen-bond acceptors (Lipinski definition) is 4. The van der Waals surface area contributed by atoms with Crippen molar-refractivity contribution < 1.29 is 9.47 Å². The highest BCUT2D eigenvalue weighted by Gasteiger charge is 2.30. The Morgan fingerprint density at radius 1 is 1.00 bits per heavy atom. The number of nitrogens with zero attached hydrogens (tertiary/aromatic N) is 1. The minimum atomic E-state index is 0.521. The Balaban J connectivity index is 1.52. The summed E-state index contributed by atoms with van der Waals surface area (Å²) in [5.74, 6) is 2.20. The summed E-state index contributed by atoms with van der Waals surface area (Å²) in [6, 6.07) is 12.8. The number of pyridine rings is 1. The van der Waals surface area contributed by atoms with Crippen molar-refractivity contribution in [3.8, 4) is 11.6 Å². The Morgan fingerprint density at radius 3 is 2.33 bits per heavy atom. The molecule has 0 bridgehead atoms. The Kier molecular flexibility index (Phi) is 3.95. The molecule has 4 nitrogen and oxygen atoms in total. The first-order valence-electron chi connectivity index (χ1n) is 7.19. The van der Waals surface area contributed by atoms with Crippen LogP contribution in [0.1, 0.15) is 24.3 Å². The van der Waals surface area contributed by atoms with E-state index in [1.807, 2.05) is 30.5 Å². The molecule has 3 rings (SSSR count). The maximum atomic E-state index is 5.19. The SMILES string of the molecule is COc1ccc(C2CC(Nc3ccc(OC)nc3)C2)cc1. The highest BCUT2D eigenvalue weighted by atomic mass is 16.5. The van der Waals surface area contributed by atoms with Crippen LogP contribution in [-0.4, -0.2) is 25.2 Å². The van der Waals surface area contributed by atoms with Gasteiger partial charge in [-0.3, -0.25) is 0 Å². The summed E-state index contributed by atoms with van der Waals surface area (Å²) < 4.78 is 10.2. The van der Waals surface area contributed by atoms with E-state index in [2.05, 4.69) is 22.4 Å². The molecule has 110 valence electrons. The first kappa shape index (κ1) is 13.7. The predicted molar refractivity (Wildman–Crippen MR) is 83.2 cm³/mol. The molecule has 1 aliphatic rings. The molecule has 1 aliphatic carbocycles. The van der Waals surface area contributed by atoms with Gasteiger partial charge in [-0.15, -0.1) is 0 Å². The molecule has 1 fully saturated rings. The van der Waals surface area contributed by atoms with E-state index in [1.165, 1.54) is 5.56 Å². The fourth-order valence-corrected chi connectivity index (χ4v) is 2.71. The van der Waals surface area contributed by atoms with Crippen LogP contribution in [0.3, 0.4) is 0 Å². The van der Waals surface area contributed by atoms with Crippen molar-refractivity contribution in [2.24, 2.45) is 0 Å². The zero-order chi connectivity index (χ0) is 14.7. The molecule has 0 aliphatic heterocycles. The van der Waals surface area contributed by atoms with Crippen LogP contribution in [-0.2, 0) is 0 Å². The van der Waals surface area contributed by atoms with E-state index in [1.54, 1.807) is 14.2 Å². The van der Waals surface area contributed by atoms with Crippen molar-refractivity contribution in [2.75, 3.05) is 19.5 Å². The van der Waals surface area contributed by atoms with Gasteiger partial charge in [0.25, 0.3) is 0 Å². The number of ether oxygens (including phenoxy) is 2. The van der Waals surface area contributed by atoms with Gasteiger partial charge in [-0.25, -0.2) is 4.98 Å². The Morgan fingerprint density at radius 2 is 1.76 bits per heavy atom. The molecule has 0 radical (unpaired) electrons. The topological polar surface area (TPSA) is 43.4 Å². The number of nitrogens with one attached hydrogen (secondary N) is 1. The normalized spacial score (nSPS) is 20.5. The lowest BCUT2D eigenvalue weighted by atomic mass is 9.76. The second kappa shape index (κ2) is 6.04. The molecular formula is C17H20N2O2. The summed E-state index contributed by atoms with van der Waals surface area (Å²) in [5.41, 5.74) is 2.44. The zero-order valence-electron chi connectivity index (χ0n) is 12.4. The fourth-order valence-electron chi connectivity index (χ4n) is 2.71. The monoisotopic (exact) mass is 284 g/mol. The minimum absolute atomic E-state index is 0.521. The third-order valence-corrected chi connectivity index (χ3v) is 4.04. The van der Waals surface area contributed by atoms with Crippen molar-refractivity contribution in [3.05, 3.63) is 48.2 Å². The third kappa shape index (κ3) is 3.10. The van der Waals surface area contributed by atoms with Crippen LogP contribution in [0.5, 0.6) is 11.6 Å². The fraction of sp³-hybridized carbons (Fsp3) is 0.353. The number of hydrogen-bond donors (Lipinski definition) is 1. The van der Waals surface area contributed by atoms with Crippen LogP contribution in [0.25, 0.3) is 0 Å². The van der Waals surface area contributed by atoms with Gasteiger partial charge in [0, 0.05) is 12.1 Å². The van der Waals surface area contributed by atoms with Gasteiger partial charge in [0.05, 0.1) is 26.1 Å². The Labute approximate surface area is 125 Å². The molecule has 2 aromatic rings. The molecule has 21 heavy (non-hydrogen) atoms. The molecule has 4 heteroatoms. The molecule has 1 aromatic heterocycles. The van der Waals surface area contributed by atoms with Crippen LogP contribution in [0.4, 0.5) is 5.69 Å². The van der Waals surface area contributed by atoms with Gasteiger partial charge in [0.1, 0.15) is 5.75 Å². The van der Waals surface area contributed by atoms with Gasteiger partial charge in [-0.05, 0) is 42.5 Å². The van der Waals surface area contributed by atoms with E-state index < -0.39 is 0 Å². The van der Waals surface area contributed by atoms with Crippen molar-refractivity contribution in [3.63, 3.8) is 0 Å². The number of benzene rings is 1. The zero-order valence-corrected chi connectivity index (χ0v) is 12.4. The van der Waals surface area contributed by atoms with Crippen molar-refractivity contribution in [1.82, 2.24) is 4.98 Å². The smallest absolute Gasteiger partial charge is 0.213 e. The second-order valence-electron chi connectivity index (χ2n) is 5.37. The maximum Gasteiger partial charge on any atom is 0.213 e. The summed E-state index contributed by atoms with van der Waals surface area (Å²) in [4.78, 5) is 4.21. The van der Waals surface area contributed by atoms with E-state index in [9.17, 15) is 0 Å². The highest BCUT2D eigenvalue weighted by molar-refractivity contribution is 5.44. The maximum absolute atomic E-state index is 5.19. The van der Waals surface area contributed by atoms with Crippen molar-refractivity contribution >= 4 is 5.69 Å². The number of anilines is 1. The molecule has 0 saturated heterocycles. The molecule has 0 amide bonds. The largest absolute Gasteiger partial charge is 0.497 e. The van der Waals surface area contributed by atoms with E-state index in [4.69, 9.17) is 9.47 Å². The van der Waals surface area contributed by atoms with Gasteiger partial charge in [-0.2, -0.15) is 0 Å². The minimum Gasteiger partial charge on any atom is -0.497 e. The van der Waals surface area contributed by atoms with Crippen LogP contribution in [0.2, 0.25) is 0 Å².